The third-order valence-electron chi connectivity index (χ3n) is 2.95. The Hall–Kier alpha value is -0.990. The van der Waals surface area contributed by atoms with Crippen molar-refractivity contribution >= 4 is 23.1 Å². The van der Waals surface area contributed by atoms with E-state index in [1.165, 1.54) is 23.1 Å². The molecule has 1 heterocycles. The Balaban J connectivity index is 1.81. The average Bonchev–Trinajstić information content (AvgIpc) is 2.91. The maximum Gasteiger partial charge on any atom is 0.174 e. The molecule has 2 atom stereocenters. The number of nitrogens with zero attached hydrogens (tertiary/aromatic N) is 2. The molecule has 1 aromatic heterocycles. The summed E-state index contributed by atoms with van der Waals surface area (Å²) in [5.41, 5.74) is 1.54. The minimum absolute atomic E-state index is 0.0170. The molecule has 0 fully saturated rings. The van der Waals surface area contributed by atoms with Crippen LogP contribution in [0.1, 0.15) is 28.7 Å². The molecule has 7 heteroatoms. The van der Waals surface area contributed by atoms with Crippen molar-refractivity contribution in [1.82, 2.24) is 10.2 Å². The van der Waals surface area contributed by atoms with Crippen molar-refractivity contribution in [2.24, 2.45) is 0 Å². The number of aliphatic hydroxyl groups excluding tert-OH is 3. The van der Waals surface area contributed by atoms with E-state index in [1.807, 2.05) is 6.92 Å². The second-order valence-electron chi connectivity index (χ2n) is 4.70. The summed E-state index contributed by atoms with van der Waals surface area (Å²) in [5.74, 6) is 0.473. The summed E-state index contributed by atoms with van der Waals surface area (Å²) in [5, 5.41) is 37.9. The van der Waals surface area contributed by atoms with Crippen molar-refractivity contribution in [2.75, 3.05) is 5.75 Å². The summed E-state index contributed by atoms with van der Waals surface area (Å²) in [7, 11) is 0. The van der Waals surface area contributed by atoms with Gasteiger partial charge < -0.3 is 15.3 Å². The van der Waals surface area contributed by atoms with Gasteiger partial charge in [0.15, 0.2) is 4.34 Å². The van der Waals surface area contributed by atoms with Crippen LogP contribution in [-0.4, -0.2) is 37.4 Å². The highest BCUT2D eigenvalue weighted by atomic mass is 32.2. The van der Waals surface area contributed by atoms with Gasteiger partial charge in [-0.1, -0.05) is 47.4 Å². The molecule has 21 heavy (non-hydrogen) atoms. The number of rotatable bonds is 7. The van der Waals surface area contributed by atoms with Crippen LogP contribution in [0.15, 0.2) is 28.6 Å². The zero-order valence-corrected chi connectivity index (χ0v) is 13.3. The van der Waals surface area contributed by atoms with Gasteiger partial charge in [-0.25, -0.2) is 0 Å². The van der Waals surface area contributed by atoms with E-state index in [1.54, 1.807) is 24.3 Å². The molecule has 0 unspecified atom stereocenters. The monoisotopic (exact) mass is 326 g/mol. The molecule has 2 aromatic rings. The number of thioether (sulfide) groups is 1. The maximum atomic E-state index is 10.1. The Morgan fingerprint density at radius 2 is 1.90 bits per heavy atom. The SMILES string of the molecule is Cc1nnc(SC[C@@H](O)C[C@@H](O)c2ccc(CO)cc2)s1. The summed E-state index contributed by atoms with van der Waals surface area (Å²) in [6, 6.07) is 7.07. The summed E-state index contributed by atoms with van der Waals surface area (Å²) in [6.45, 7) is 1.87. The smallest absolute Gasteiger partial charge is 0.174 e. The van der Waals surface area contributed by atoms with Gasteiger partial charge in [-0.15, -0.1) is 10.2 Å². The van der Waals surface area contributed by atoms with Gasteiger partial charge in [0.25, 0.3) is 0 Å². The molecule has 0 aliphatic carbocycles. The molecular formula is C14H18N2O3S2. The normalized spacial score (nSPS) is 14.1. The lowest BCUT2D eigenvalue weighted by atomic mass is 10.0. The third-order valence-corrected chi connectivity index (χ3v) is 5.07. The highest BCUT2D eigenvalue weighted by Crippen LogP contribution is 2.25. The molecule has 5 nitrogen and oxygen atoms in total. The zero-order chi connectivity index (χ0) is 15.2. The maximum absolute atomic E-state index is 10.1. The predicted octanol–water partition coefficient (Wildman–Crippen LogP) is 1.92. The molecular weight excluding hydrogens is 308 g/mol. The van der Waals surface area contributed by atoms with Crippen LogP contribution in [0.3, 0.4) is 0 Å². The Kier molecular flexibility index (Phi) is 6.13. The molecule has 0 saturated carbocycles. The molecule has 0 spiro atoms. The minimum atomic E-state index is -0.718. The summed E-state index contributed by atoms with van der Waals surface area (Å²) >= 11 is 2.94. The first-order valence-corrected chi connectivity index (χ1v) is 8.37. The predicted molar refractivity (Wildman–Crippen MR) is 83.3 cm³/mol. The number of aromatic nitrogens is 2. The van der Waals surface area contributed by atoms with E-state index in [0.29, 0.717) is 5.75 Å². The van der Waals surface area contributed by atoms with E-state index < -0.39 is 12.2 Å². The average molecular weight is 326 g/mol. The standard InChI is InChI=1S/C14H18N2O3S2/c1-9-15-16-14(21-9)20-8-12(18)6-13(19)11-4-2-10(7-17)3-5-11/h2-5,12-13,17-19H,6-8H2,1H3/t12-,13+/m0/s1. The highest BCUT2D eigenvalue weighted by molar-refractivity contribution is 8.01. The number of hydrogen-bond donors (Lipinski definition) is 3. The van der Waals surface area contributed by atoms with E-state index in [9.17, 15) is 10.2 Å². The van der Waals surface area contributed by atoms with Crippen molar-refractivity contribution in [1.29, 1.82) is 0 Å². The first-order valence-electron chi connectivity index (χ1n) is 6.57. The number of benzene rings is 1. The van der Waals surface area contributed by atoms with Crippen molar-refractivity contribution in [3.05, 3.63) is 40.4 Å². The number of aryl methyl sites for hydroxylation is 1. The fraction of sp³-hybridized carbons (Fsp3) is 0.429. The van der Waals surface area contributed by atoms with Gasteiger partial charge in [0.1, 0.15) is 5.01 Å². The molecule has 2 rings (SSSR count). The van der Waals surface area contributed by atoms with E-state index in [4.69, 9.17) is 5.11 Å². The van der Waals surface area contributed by atoms with Gasteiger partial charge in [-0.3, -0.25) is 0 Å². The van der Waals surface area contributed by atoms with Crippen LogP contribution in [0.25, 0.3) is 0 Å². The molecule has 0 bridgehead atoms. The van der Waals surface area contributed by atoms with Crippen molar-refractivity contribution in [3.63, 3.8) is 0 Å². The molecule has 3 N–H and O–H groups in total. The van der Waals surface area contributed by atoms with Crippen LogP contribution in [-0.2, 0) is 6.61 Å². The van der Waals surface area contributed by atoms with Crippen LogP contribution < -0.4 is 0 Å². The van der Waals surface area contributed by atoms with E-state index in [-0.39, 0.29) is 13.0 Å². The van der Waals surface area contributed by atoms with Gasteiger partial charge in [-0.2, -0.15) is 0 Å². The van der Waals surface area contributed by atoms with Gasteiger partial charge in [0, 0.05) is 12.2 Å². The van der Waals surface area contributed by atoms with Gasteiger partial charge in [0.05, 0.1) is 18.8 Å². The Morgan fingerprint density at radius 1 is 1.19 bits per heavy atom. The van der Waals surface area contributed by atoms with Gasteiger partial charge in [0.2, 0.25) is 0 Å². The van der Waals surface area contributed by atoms with E-state index in [0.717, 1.165) is 20.5 Å². The lowest BCUT2D eigenvalue weighted by Crippen LogP contribution is -2.15. The van der Waals surface area contributed by atoms with E-state index >= 15 is 0 Å². The number of hydrogen-bond acceptors (Lipinski definition) is 7. The summed E-state index contributed by atoms with van der Waals surface area (Å²) in [4.78, 5) is 0. The van der Waals surface area contributed by atoms with Crippen LogP contribution in [0, 0.1) is 6.92 Å². The second-order valence-corrected chi connectivity index (χ2v) is 7.15. The summed E-state index contributed by atoms with van der Waals surface area (Å²) < 4.78 is 0.827. The van der Waals surface area contributed by atoms with Crippen LogP contribution in [0.5, 0.6) is 0 Å². The van der Waals surface area contributed by atoms with E-state index in [2.05, 4.69) is 10.2 Å². The topological polar surface area (TPSA) is 86.5 Å². The summed E-state index contributed by atoms with van der Waals surface area (Å²) in [6.07, 6.45) is -1.07. The first kappa shape index (κ1) is 16.4. The minimum Gasteiger partial charge on any atom is -0.392 e. The van der Waals surface area contributed by atoms with Crippen molar-refractivity contribution < 1.29 is 15.3 Å². The molecule has 0 aliphatic heterocycles. The fourth-order valence-corrected chi connectivity index (χ4v) is 3.60. The third kappa shape index (κ3) is 5.05. The second kappa shape index (κ2) is 7.86. The van der Waals surface area contributed by atoms with Gasteiger partial charge in [-0.05, 0) is 18.1 Å². The van der Waals surface area contributed by atoms with Crippen molar-refractivity contribution in [2.45, 2.75) is 36.5 Å². The Labute approximate surface area is 131 Å². The molecule has 1 aromatic carbocycles. The molecule has 0 amide bonds. The number of aliphatic hydroxyl groups is 3. The largest absolute Gasteiger partial charge is 0.392 e. The van der Waals surface area contributed by atoms with Crippen LogP contribution >= 0.6 is 23.1 Å². The quantitative estimate of drug-likeness (QED) is 0.674. The first-order chi connectivity index (χ1) is 10.1. The Bertz CT molecular complexity index is 560. The lowest BCUT2D eigenvalue weighted by Gasteiger charge is -2.15. The lowest BCUT2D eigenvalue weighted by molar-refractivity contribution is 0.0931. The zero-order valence-electron chi connectivity index (χ0n) is 11.6. The Morgan fingerprint density at radius 3 is 2.48 bits per heavy atom. The fourth-order valence-electron chi connectivity index (χ4n) is 1.81. The van der Waals surface area contributed by atoms with Crippen LogP contribution in [0.4, 0.5) is 0 Å². The highest BCUT2D eigenvalue weighted by Gasteiger charge is 2.15. The van der Waals surface area contributed by atoms with Crippen LogP contribution in [0.2, 0.25) is 0 Å². The molecule has 0 aliphatic rings. The van der Waals surface area contributed by atoms with Gasteiger partial charge >= 0.3 is 0 Å². The molecule has 0 radical (unpaired) electrons. The molecule has 114 valence electrons. The molecule has 0 saturated heterocycles. The van der Waals surface area contributed by atoms with Crippen molar-refractivity contribution in [3.8, 4) is 0 Å².